The molecule has 7 rings (SSSR count). The second kappa shape index (κ2) is 21.9. The molecule has 0 spiro atoms. The molecule has 2 fully saturated rings. The number of nitrogens with two attached hydrogens (primary N) is 1. The third kappa shape index (κ3) is 13.3. The summed E-state index contributed by atoms with van der Waals surface area (Å²) in [6, 6.07) is 46.0. The van der Waals surface area contributed by atoms with E-state index in [1.807, 2.05) is 108 Å². The van der Waals surface area contributed by atoms with Crippen LogP contribution in [0.4, 0.5) is 4.79 Å². The maximum Gasteiger partial charge on any atom is 0.407 e. The van der Waals surface area contributed by atoms with Crippen molar-refractivity contribution >= 4 is 12.0 Å². The maximum atomic E-state index is 13.1. The molecule has 0 aliphatic carbocycles. The fraction of sp³-hybridized carbons (Fsp3) is 0.370. The third-order valence-electron chi connectivity index (χ3n) is 12.4. The van der Waals surface area contributed by atoms with E-state index in [1.54, 1.807) is 14.2 Å². The largest absolute Gasteiger partial charge is 0.497 e. The van der Waals surface area contributed by atoms with E-state index in [2.05, 4.69) is 80.4 Å². The van der Waals surface area contributed by atoms with Gasteiger partial charge < -0.3 is 30.2 Å². The zero-order valence-corrected chi connectivity index (χ0v) is 38.0. The first-order valence-corrected chi connectivity index (χ1v) is 22.2. The number of benzene rings is 5. The molecule has 9 nitrogen and oxygen atoms in total. The zero-order chi connectivity index (χ0) is 44.8. The molecule has 2 heterocycles. The van der Waals surface area contributed by atoms with Crippen molar-refractivity contribution in [2.75, 3.05) is 20.8 Å². The minimum absolute atomic E-state index is 0.0160. The number of hydrogen-bond donors (Lipinski definition) is 2. The molecule has 2 saturated heterocycles. The highest BCUT2D eigenvalue weighted by Crippen LogP contribution is 2.39. The number of nitrogens with one attached hydrogen (secondary N) is 1. The molecular formula is C54H66N4O5. The van der Waals surface area contributed by atoms with Crippen LogP contribution in [0, 0.1) is 5.92 Å². The molecule has 5 aromatic rings. The van der Waals surface area contributed by atoms with Gasteiger partial charge >= 0.3 is 6.09 Å². The zero-order valence-electron chi connectivity index (χ0n) is 38.0. The number of amides is 2. The quantitative estimate of drug-likeness (QED) is 0.0952. The molecule has 0 saturated carbocycles. The summed E-state index contributed by atoms with van der Waals surface area (Å²) in [5.74, 6) is 2.00. The molecule has 0 aromatic heterocycles. The molecule has 63 heavy (non-hydrogen) atoms. The van der Waals surface area contributed by atoms with Gasteiger partial charge in [0.15, 0.2) is 0 Å². The van der Waals surface area contributed by atoms with E-state index in [-0.39, 0.29) is 41.6 Å². The fourth-order valence-corrected chi connectivity index (χ4v) is 8.69. The van der Waals surface area contributed by atoms with Crippen LogP contribution in [-0.2, 0) is 29.2 Å². The Labute approximate surface area is 375 Å². The second-order valence-corrected chi connectivity index (χ2v) is 18.0. The molecule has 9 heteroatoms. The summed E-state index contributed by atoms with van der Waals surface area (Å²) in [5.41, 5.74) is 13.2. The number of carbonyl (C=O) groups is 2. The van der Waals surface area contributed by atoms with E-state index in [4.69, 9.17) is 19.9 Å². The predicted octanol–water partition coefficient (Wildman–Crippen LogP) is 11.0. The molecule has 3 N–H and O–H groups in total. The van der Waals surface area contributed by atoms with Gasteiger partial charge in [-0.25, -0.2) is 4.79 Å². The lowest BCUT2D eigenvalue weighted by Gasteiger charge is -2.31. The van der Waals surface area contributed by atoms with Gasteiger partial charge in [0.2, 0.25) is 5.91 Å². The maximum absolute atomic E-state index is 13.1. The molecule has 0 radical (unpaired) electrons. The number of likely N-dealkylation sites (tertiary alicyclic amines) is 2. The van der Waals surface area contributed by atoms with Crippen molar-refractivity contribution in [2.24, 2.45) is 11.7 Å². The van der Waals surface area contributed by atoms with E-state index in [1.165, 1.54) is 11.1 Å². The van der Waals surface area contributed by atoms with Crippen LogP contribution in [0.3, 0.4) is 0 Å². The monoisotopic (exact) mass is 851 g/mol. The van der Waals surface area contributed by atoms with Gasteiger partial charge in [-0.2, -0.15) is 0 Å². The normalized spacial score (nSPS) is 18.3. The number of nitrogens with zero attached hydrogens (tertiary/aromatic N) is 2. The molecule has 2 aliphatic rings. The van der Waals surface area contributed by atoms with Crippen molar-refractivity contribution in [1.29, 1.82) is 0 Å². The second-order valence-electron chi connectivity index (χ2n) is 18.0. The van der Waals surface area contributed by atoms with E-state index in [0.29, 0.717) is 13.0 Å². The van der Waals surface area contributed by atoms with Crippen LogP contribution in [0.1, 0.15) is 99.7 Å². The Bertz CT molecular complexity index is 2210. The smallest absolute Gasteiger partial charge is 0.407 e. The topological polar surface area (TPSA) is 106 Å². The summed E-state index contributed by atoms with van der Waals surface area (Å²) in [5, 5.41) is 3.08. The summed E-state index contributed by atoms with van der Waals surface area (Å²) in [4.78, 5) is 30.2. The molecule has 3 atom stereocenters. The summed E-state index contributed by atoms with van der Waals surface area (Å²) in [6.45, 7) is 11.6. The summed E-state index contributed by atoms with van der Waals surface area (Å²) in [7, 11) is 3.35. The summed E-state index contributed by atoms with van der Waals surface area (Å²) < 4.78 is 16.0. The first kappa shape index (κ1) is 46.6. The van der Waals surface area contributed by atoms with Gasteiger partial charge in [-0.1, -0.05) is 127 Å². The molecule has 2 aliphatic heterocycles. The Hall–Kier alpha value is -5.90. The third-order valence-corrected chi connectivity index (χ3v) is 12.4. The molecular weight excluding hydrogens is 785 g/mol. The van der Waals surface area contributed by atoms with Crippen molar-refractivity contribution in [3.8, 4) is 11.5 Å². The number of carbonyl (C=O) groups excluding carboxylic acids is 2. The number of hydrogen-bond acceptors (Lipinski definition) is 7. The van der Waals surface area contributed by atoms with E-state index in [9.17, 15) is 9.59 Å². The number of ether oxygens (including phenoxy) is 3. The fourth-order valence-electron chi connectivity index (χ4n) is 8.69. The highest BCUT2D eigenvalue weighted by atomic mass is 16.5. The highest BCUT2D eigenvalue weighted by molar-refractivity contribution is 5.82. The van der Waals surface area contributed by atoms with Crippen LogP contribution in [0.15, 0.2) is 151 Å². The van der Waals surface area contributed by atoms with Crippen LogP contribution in [0.5, 0.6) is 11.5 Å². The molecule has 332 valence electrons. The van der Waals surface area contributed by atoms with Crippen molar-refractivity contribution in [3.63, 3.8) is 0 Å². The first-order valence-electron chi connectivity index (χ1n) is 22.2. The molecule has 2 amide bonds. The minimum Gasteiger partial charge on any atom is -0.497 e. The lowest BCUT2D eigenvalue weighted by molar-refractivity contribution is -0.134. The summed E-state index contributed by atoms with van der Waals surface area (Å²) >= 11 is 0. The van der Waals surface area contributed by atoms with Crippen LogP contribution in [0.25, 0.3) is 0 Å². The van der Waals surface area contributed by atoms with Gasteiger partial charge in [-0.15, -0.1) is 0 Å². The lowest BCUT2D eigenvalue weighted by atomic mass is 9.90. The Kier molecular flexibility index (Phi) is 16.2. The van der Waals surface area contributed by atoms with Crippen LogP contribution in [-0.4, -0.2) is 53.6 Å². The Morgan fingerprint density at radius 3 is 1.84 bits per heavy atom. The summed E-state index contributed by atoms with van der Waals surface area (Å²) in [6.07, 6.45) is 6.15. The van der Waals surface area contributed by atoms with Crippen LogP contribution < -0.4 is 20.5 Å². The van der Waals surface area contributed by atoms with Crippen molar-refractivity contribution in [1.82, 2.24) is 15.1 Å². The van der Waals surface area contributed by atoms with Gasteiger partial charge in [0.05, 0.1) is 20.3 Å². The molecule has 3 unspecified atom stereocenters. The minimum atomic E-state index is -0.404. The standard InChI is InChI=1S/C31H36N2O3.C23H30N2O2/c1-31(2)20-26(22-33(31)21-24-14-17-28(35-3)18-15-24)16-19-29(27-12-8-5-9-13-27)32-30(34)36-23-25-10-6-4-7-11-25;1-23(2)15-19(11-14-21(24)18-7-5-4-6-8-18)22(26)25(23)16-17-9-12-20(27-3)13-10-17/h4-18,29H,19-23H2,1-3H3,(H,32,34);4-10,12-13,19,21H,11,14-16,24H2,1-3H3. The van der Waals surface area contributed by atoms with E-state index >= 15 is 0 Å². The number of alkyl carbamates (subject to hydrolysis) is 1. The predicted molar refractivity (Wildman–Crippen MR) is 252 cm³/mol. The van der Waals surface area contributed by atoms with Gasteiger partial charge in [0, 0.05) is 42.7 Å². The van der Waals surface area contributed by atoms with Crippen LogP contribution >= 0.6 is 0 Å². The van der Waals surface area contributed by atoms with E-state index < -0.39 is 6.09 Å². The molecule has 0 bridgehead atoms. The van der Waals surface area contributed by atoms with Crippen molar-refractivity contribution in [2.45, 2.75) is 103 Å². The first-order chi connectivity index (χ1) is 30.3. The van der Waals surface area contributed by atoms with Gasteiger partial charge in [-0.3, -0.25) is 9.69 Å². The van der Waals surface area contributed by atoms with Gasteiger partial charge in [0.25, 0.3) is 0 Å². The SMILES string of the molecule is COc1ccc(CN2C(=O)C(CCC(N)c3ccccc3)CC2(C)C)cc1.COc1ccc(CN2CC(=CCC(NC(=O)OCc3ccccc3)c3ccccc3)CC2(C)C)cc1. The average Bonchev–Trinajstić information content (AvgIpc) is 3.71. The number of rotatable bonds is 16. The van der Waals surface area contributed by atoms with Crippen molar-refractivity contribution < 1.29 is 23.8 Å². The Morgan fingerprint density at radius 1 is 0.730 bits per heavy atom. The van der Waals surface area contributed by atoms with Gasteiger partial charge in [-0.05, 0) is 112 Å². The Morgan fingerprint density at radius 2 is 1.27 bits per heavy atom. The van der Waals surface area contributed by atoms with E-state index in [0.717, 1.165) is 72.5 Å². The molecule has 5 aromatic carbocycles. The van der Waals surface area contributed by atoms with Gasteiger partial charge in [0.1, 0.15) is 18.1 Å². The Balaban J connectivity index is 0.000000219. The van der Waals surface area contributed by atoms with Crippen LogP contribution in [0.2, 0.25) is 0 Å². The average molecular weight is 851 g/mol. The lowest BCUT2D eigenvalue weighted by Crippen LogP contribution is -2.40. The highest BCUT2D eigenvalue weighted by Gasteiger charge is 2.44. The van der Waals surface area contributed by atoms with Crippen molar-refractivity contribution in [3.05, 3.63) is 179 Å². The number of methoxy groups -OCH3 is 2.